The first-order chi connectivity index (χ1) is 9.13. The van der Waals surface area contributed by atoms with E-state index in [1.54, 1.807) is 4.90 Å². The molecule has 2 saturated carbocycles. The molecule has 0 aromatic rings. The maximum Gasteiger partial charge on any atom is 0.326 e. The fraction of sp³-hybridized carbons (Fsp3) is 0.857. The molecule has 1 heterocycles. The number of hydrogen-bond donors (Lipinski definition) is 1. The third-order valence-corrected chi connectivity index (χ3v) is 4.86. The van der Waals surface area contributed by atoms with E-state index in [4.69, 9.17) is 4.74 Å². The number of hydrogen-bond acceptors (Lipinski definition) is 3. The molecule has 3 fully saturated rings. The zero-order valence-electron chi connectivity index (χ0n) is 11.2. The lowest BCUT2D eigenvalue weighted by atomic mass is 9.94. The van der Waals surface area contributed by atoms with E-state index in [1.165, 1.54) is 0 Å². The largest absolute Gasteiger partial charge is 0.480 e. The predicted molar refractivity (Wildman–Crippen MR) is 67.5 cm³/mol. The Morgan fingerprint density at radius 2 is 2.16 bits per heavy atom. The van der Waals surface area contributed by atoms with Gasteiger partial charge in [-0.25, -0.2) is 4.79 Å². The minimum absolute atomic E-state index is 0.000231. The van der Waals surface area contributed by atoms with Crippen molar-refractivity contribution in [1.29, 1.82) is 0 Å². The van der Waals surface area contributed by atoms with E-state index < -0.39 is 12.0 Å². The number of fused-ring (bicyclic) bond motifs is 1. The van der Waals surface area contributed by atoms with Gasteiger partial charge in [0, 0.05) is 13.2 Å². The van der Waals surface area contributed by atoms with Crippen LogP contribution in [0.2, 0.25) is 0 Å². The van der Waals surface area contributed by atoms with Gasteiger partial charge in [0.1, 0.15) is 6.04 Å². The molecule has 1 N–H and O–H groups in total. The summed E-state index contributed by atoms with van der Waals surface area (Å²) in [6.07, 6.45) is 3.90. The van der Waals surface area contributed by atoms with Crippen LogP contribution in [0, 0.1) is 17.8 Å². The highest BCUT2D eigenvalue weighted by molar-refractivity contribution is 5.88. The fourth-order valence-electron chi connectivity index (χ4n) is 3.89. The Morgan fingerprint density at radius 3 is 2.84 bits per heavy atom. The lowest BCUT2D eigenvalue weighted by Gasteiger charge is -2.24. The van der Waals surface area contributed by atoms with Crippen molar-refractivity contribution in [3.63, 3.8) is 0 Å². The van der Waals surface area contributed by atoms with Crippen LogP contribution < -0.4 is 0 Å². The molecule has 0 aromatic carbocycles. The smallest absolute Gasteiger partial charge is 0.326 e. The van der Waals surface area contributed by atoms with Crippen molar-refractivity contribution in [2.24, 2.45) is 17.8 Å². The highest BCUT2D eigenvalue weighted by Gasteiger charge is 2.54. The van der Waals surface area contributed by atoms with E-state index in [-0.39, 0.29) is 23.8 Å². The number of carbonyl (C=O) groups excluding carboxylic acids is 1. The highest BCUT2D eigenvalue weighted by atomic mass is 16.5. The van der Waals surface area contributed by atoms with Crippen LogP contribution in [-0.4, -0.2) is 47.2 Å². The molecule has 0 aromatic heterocycles. The number of likely N-dealkylation sites (tertiary alicyclic amines) is 1. The second-order valence-corrected chi connectivity index (χ2v) is 5.96. The van der Waals surface area contributed by atoms with Gasteiger partial charge in [-0.05, 0) is 38.0 Å². The van der Waals surface area contributed by atoms with Crippen molar-refractivity contribution < 1.29 is 19.4 Å². The van der Waals surface area contributed by atoms with E-state index in [0.29, 0.717) is 19.1 Å². The van der Waals surface area contributed by atoms with E-state index in [1.807, 2.05) is 6.92 Å². The average Bonchev–Trinajstić information content (AvgIpc) is 2.82. The van der Waals surface area contributed by atoms with Crippen molar-refractivity contribution in [2.75, 3.05) is 13.2 Å². The molecule has 2 aliphatic carbocycles. The van der Waals surface area contributed by atoms with E-state index in [2.05, 4.69) is 0 Å². The van der Waals surface area contributed by atoms with E-state index >= 15 is 0 Å². The molecule has 106 valence electrons. The summed E-state index contributed by atoms with van der Waals surface area (Å²) in [5.74, 6) is -0.364. The first kappa shape index (κ1) is 12.9. The zero-order valence-corrected chi connectivity index (χ0v) is 11.2. The molecule has 0 unspecified atom stereocenters. The summed E-state index contributed by atoms with van der Waals surface area (Å²) >= 11 is 0. The summed E-state index contributed by atoms with van der Waals surface area (Å²) in [5.41, 5.74) is 0. The number of aliphatic carboxylic acids is 1. The molecular formula is C14H21NO4. The lowest BCUT2D eigenvalue weighted by molar-refractivity contribution is -0.150. The average molecular weight is 267 g/mol. The third-order valence-electron chi connectivity index (χ3n) is 4.86. The molecule has 1 aliphatic heterocycles. The monoisotopic (exact) mass is 267 g/mol. The predicted octanol–water partition coefficient (Wildman–Crippen LogP) is 1.12. The maximum absolute atomic E-state index is 12.4. The van der Waals surface area contributed by atoms with Crippen molar-refractivity contribution in [3.8, 4) is 0 Å². The quantitative estimate of drug-likeness (QED) is 0.829. The highest BCUT2D eigenvalue weighted by Crippen LogP contribution is 2.45. The normalized spacial score (nSPS) is 40.3. The molecule has 0 spiro atoms. The van der Waals surface area contributed by atoms with Crippen LogP contribution in [0.15, 0.2) is 0 Å². The van der Waals surface area contributed by atoms with Gasteiger partial charge in [0.2, 0.25) is 5.91 Å². The molecule has 0 radical (unpaired) electrons. The van der Waals surface area contributed by atoms with Crippen LogP contribution in [0.25, 0.3) is 0 Å². The van der Waals surface area contributed by atoms with Crippen molar-refractivity contribution in [3.05, 3.63) is 0 Å². The second-order valence-electron chi connectivity index (χ2n) is 5.96. The molecule has 0 bridgehead atoms. The van der Waals surface area contributed by atoms with Gasteiger partial charge in [-0.15, -0.1) is 0 Å². The van der Waals surface area contributed by atoms with Gasteiger partial charge < -0.3 is 14.7 Å². The second kappa shape index (κ2) is 4.78. The molecule has 5 nitrogen and oxygen atoms in total. The molecule has 3 rings (SSSR count). The Bertz CT molecular complexity index is 397. The van der Waals surface area contributed by atoms with Crippen molar-refractivity contribution in [1.82, 2.24) is 4.90 Å². The van der Waals surface area contributed by atoms with Gasteiger partial charge in [-0.3, -0.25) is 4.79 Å². The zero-order chi connectivity index (χ0) is 13.6. The minimum Gasteiger partial charge on any atom is -0.480 e. The molecule has 1 saturated heterocycles. The van der Waals surface area contributed by atoms with Crippen LogP contribution in [0.5, 0.6) is 0 Å². The van der Waals surface area contributed by atoms with Gasteiger partial charge in [-0.1, -0.05) is 6.42 Å². The van der Waals surface area contributed by atoms with Crippen LogP contribution in [0.1, 0.15) is 32.6 Å². The number of amides is 1. The number of carbonyl (C=O) groups is 2. The molecule has 1 amide bonds. The molecule has 5 atom stereocenters. The SMILES string of the molecule is CCO[C@@H]1C[C@@H]1C(=O)N1C[C@@H]2CCC[C@H]2[C@H]1C(=O)O. The topological polar surface area (TPSA) is 66.8 Å². The Labute approximate surface area is 112 Å². The van der Waals surface area contributed by atoms with Crippen molar-refractivity contribution in [2.45, 2.75) is 44.8 Å². The summed E-state index contributed by atoms with van der Waals surface area (Å²) in [7, 11) is 0. The Kier molecular flexibility index (Phi) is 3.25. The maximum atomic E-state index is 12.4. The van der Waals surface area contributed by atoms with Gasteiger partial charge in [0.15, 0.2) is 0 Å². The number of nitrogens with zero attached hydrogens (tertiary/aromatic N) is 1. The van der Waals surface area contributed by atoms with Gasteiger partial charge in [0.25, 0.3) is 0 Å². The van der Waals surface area contributed by atoms with Crippen LogP contribution in [0.4, 0.5) is 0 Å². The first-order valence-electron chi connectivity index (χ1n) is 7.28. The van der Waals surface area contributed by atoms with E-state index in [9.17, 15) is 14.7 Å². The summed E-state index contributed by atoms with van der Waals surface area (Å²) < 4.78 is 5.44. The number of ether oxygens (including phenoxy) is 1. The summed E-state index contributed by atoms with van der Waals surface area (Å²) in [6, 6.07) is -0.595. The summed E-state index contributed by atoms with van der Waals surface area (Å²) in [6.45, 7) is 3.16. The Hall–Kier alpha value is -1.10. The Balaban J connectivity index is 1.70. The van der Waals surface area contributed by atoms with Crippen LogP contribution in [0.3, 0.4) is 0 Å². The molecule has 19 heavy (non-hydrogen) atoms. The minimum atomic E-state index is -0.837. The third kappa shape index (κ3) is 2.14. The van der Waals surface area contributed by atoms with Crippen molar-refractivity contribution >= 4 is 11.9 Å². The molecule has 3 aliphatic rings. The molecule has 5 heteroatoms. The standard InChI is InChI=1S/C14H21NO4/c1-2-19-11-6-10(11)13(16)15-7-8-4-3-5-9(8)12(15)14(17)18/h8-12H,2-7H2,1H3,(H,17,18)/t8-,9+,10-,11+,12-/m0/s1. The first-order valence-corrected chi connectivity index (χ1v) is 7.28. The fourth-order valence-corrected chi connectivity index (χ4v) is 3.89. The number of carboxylic acids is 1. The van der Waals surface area contributed by atoms with E-state index in [0.717, 1.165) is 25.7 Å². The van der Waals surface area contributed by atoms with Gasteiger partial charge >= 0.3 is 5.97 Å². The number of rotatable bonds is 4. The lowest BCUT2D eigenvalue weighted by Crippen LogP contribution is -2.44. The van der Waals surface area contributed by atoms with Crippen LogP contribution in [-0.2, 0) is 14.3 Å². The number of carboxylic acid groups (broad SMARTS) is 1. The molecular weight excluding hydrogens is 246 g/mol. The summed E-state index contributed by atoms with van der Waals surface area (Å²) in [4.78, 5) is 25.5. The Morgan fingerprint density at radius 1 is 1.37 bits per heavy atom. The van der Waals surface area contributed by atoms with Crippen LogP contribution >= 0.6 is 0 Å². The summed E-state index contributed by atoms with van der Waals surface area (Å²) in [5, 5.41) is 9.43. The van der Waals surface area contributed by atoms with Gasteiger partial charge in [-0.2, -0.15) is 0 Å². The van der Waals surface area contributed by atoms with Gasteiger partial charge in [0.05, 0.1) is 12.0 Å².